The van der Waals surface area contributed by atoms with Crippen LogP contribution in [0.3, 0.4) is 0 Å². The predicted molar refractivity (Wildman–Crippen MR) is 120 cm³/mol. The summed E-state index contributed by atoms with van der Waals surface area (Å²) in [5.74, 6) is 0.525. The molecule has 9 heteroatoms. The molecule has 0 aliphatic rings. The molecule has 0 N–H and O–H groups in total. The van der Waals surface area contributed by atoms with Crippen LogP contribution in [-0.4, -0.2) is 37.0 Å². The third-order valence-corrected chi connectivity index (χ3v) is 6.13. The molecule has 1 amide bonds. The molecule has 0 aliphatic carbocycles. The van der Waals surface area contributed by atoms with Crippen LogP contribution in [0.25, 0.3) is 22.2 Å². The summed E-state index contributed by atoms with van der Waals surface area (Å²) in [4.78, 5) is 24.5. The van der Waals surface area contributed by atoms with Crippen molar-refractivity contribution in [3.63, 3.8) is 0 Å². The van der Waals surface area contributed by atoms with Crippen LogP contribution in [-0.2, 0) is 6.54 Å². The van der Waals surface area contributed by atoms with Crippen LogP contribution >= 0.6 is 22.9 Å². The van der Waals surface area contributed by atoms with E-state index in [2.05, 4.69) is 20.2 Å². The van der Waals surface area contributed by atoms with Crippen molar-refractivity contribution in [3.8, 4) is 22.2 Å². The fourth-order valence-electron chi connectivity index (χ4n) is 3.02. The molecule has 0 spiro atoms. The highest BCUT2D eigenvalue weighted by atomic mass is 35.5. The van der Waals surface area contributed by atoms with Crippen molar-refractivity contribution >= 4 is 28.8 Å². The Morgan fingerprint density at radius 1 is 1.16 bits per heavy atom. The van der Waals surface area contributed by atoms with E-state index in [0.717, 1.165) is 5.69 Å². The van der Waals surface area contributed by atoms with Gasteiger partial charge in [-0.2, -0.15) is 0 Å². The summed E-state index contributed by atoms with van der Waals surface area (Å²) < 4.78 is 5.80. The summed E-state index contributed by atoms with van der Waals surface area (Å²) in [5.41, 5.74) is 2.07. The smallest absolute Gasteiger partial charge is 0.266 e. The molecule has 7 nitrogen and oxygen atoms in total. The van der Waals surface area contributed by atoms with Crippen molar-refractivity contribution < 1.29 is 9.21 Å². The maximum atomic E-state index is 13.4. The zero-order valence-electron chi connectivity index (χ0n) is 17.2. The van der Waals surface area contributed by atoms with Gasteiger partial charge in [-0.1, -0.05) is 29.8 Å². The van der Waals surface area contributed by atoms with Gasteiger partial charge in [0.15, 0.2) is 0 Å². The lowest BCUT2D eigenvalue weighted by molar-refractivity contribution is 0.0676. The van der Waals surface area contributed by atoms with Crippen LogP contribution in [0.2, 0.25) is 5.02 Å². The Labute approximate surface area is 188 Å². The van der Waals surface area contributed by atoms with E-state index in [1.165, 1.54) is 11.3 Å². The first kappa shape index (κ1) is 21.1. The Morgan fingerprint density at radius 3 is 2.65 bits per heavy atom. The number of amides is 1. The molecular weight excluding hydrogens is 434 g/mol. The van der Waals surface area contributed by atoms with Gasteiger partial charge in [-0.05, 0) is 45.0 Å². The number of carbonyl (C=O) groups is 1. The van der Waals surface area contributed by atoms with Gasteiger partial charge >= 0.3 is 0 Å². The van der Waals surface area contributed by atoms with Crippen molar-refractivity contribution in [1.82, 2.24) is 25.1 Å². The zero-order chi connectivity index (χ0) is 22.0. The fourth-order valence-corrected chi connectivity index (χ4v) is 4.24. The van der Waals surface area contributed by atoms with Gasteiger partial charge in [-0.15, -0.1) is 21.5 Å². The molecule has 0 radical (unpaired) electrons. The second-order valence-corrected chi connectivity index (χ2v) is 8.56. The Bertz CT molecular complexity index is 1210. The predicted octanol–water partition coefficient (Wildman–Crippen LogP) is 5.27. The summed E-state index contributed by atoms with van der Waals surface area (Å²) in [6, 6.07) is 12.8. The first-order valence-electron chi connectivity index (χ1n) is 9.71. The van der Waals surface area contributed by atoms with Gasteiger partial charge in [-0.25, -0.2) is 4.98 Å². The summed E-state index contributed by atoms with van der Waals surface area (Å²) in [6.07, 6.45) is 1.71. The lowest BCUT2D eigenvalue weighted by atomic mass is 10.2. The average molecular weight is 454 g/mol. The number of nitrogens with zero attached hydrogens (tertiary/aromatic N) is 5. The maximum absolute atomic E-state index is 13.4. The quantitative estimate of drug-likeness (QED) is 0.395. The first-order chi connectivity index (χ1) is 14.9. The third kappa shape index (κ3) is 4.50. The largest absolute Gasteiger partial charge is 0.419 e. The molecule has 1 aromatic carbocycles. The van der Waals surface area contributed by atoms with Gasteiger partial charge in [0.05, 0.1) is 28.5 Å². The summed E-state index contributed by atoms with van der Waals surface area (Å²) in [7, 11) is 0. The van der Waals surface area contributed by atoms with Crippen LogP contribution in [0, 0.1) is 6.92 Å². The molecule has 0 atom stereocenters. The topological polar surface area (TPSA) is 85.0 Å². The molecule has 0 saturated heterocycles. The van der Waals surface area contributed by atoms with Crippen LogP contribution in [0.5, 0.6) is 0 Å². The number of aromatic nitrogens is 4. The number of halogens is 1. The van der Waals surface area contributed by atoms with Crippen molar-refractivity contribution in [2.45, 2.75) is 33.4 Å². The molecule has 3 aromatic heterocycles. The molecule has 0 bridgehead atoms. The van der Waals surface area contributed by atoms with E-state index >= 15 is 0 Å². The molecular formula is C22H20ClN5O2S. The van der Waals surface area contributed by atoms with E-state index < -0.39 is 0 Å². The zero-order valence-corrected chi connectivity index (χ0v) is 18.8. The van der Waals surface area contributed by atoms with Gasteiger partial charge in [0.25, 0.3) is 5.91 Å². The van der Waals surface area contributed by atoms with Crippen LogP contribution in [0.4, 0.5) is 0 Å². The van der Waals surface area contributed by atoms with Gasteiger partial charge < -0.3 is 9.32 Å². The highest BCUT2D eigenvalue weighted by Crippen LogP contribution is 2.29. The molecule has 0 unspecified atom stereocenters. The third-order valence-electron chi connectivity index (χ3n) is 4.64. The van der Waals surface area contributed by atoms with Crippen molar-refractivity contribution in [2.24, 2.45) is 0 Å². The van der Waals surface area contributed by atoms with E-state index in [1.807, 2.05) is 57.2 Å². The molecule has 4 rings (SSSR count). The first-order valence-corrected chi connectivity index (χ1v) is 10.9. The van der Waals surface area contributed by atoms with E-state index in [1.54, 1.807) is 17.2 Å². The lowest BCUT2D eigenvalue weighted by Gasteiger charge is -2.24. The number of pyridine rings is 1. The Morgan fingerprint density at radius 2 is 1.94 bits per heavy atom. The van der Waals surface area contributed by atoms with E-state index in [9.17, 15) is 4.79 Å². The van der Waals surface area contributed by atoms with Crippen LogP contribution < -0.4 is 0 Å². The van der Waals surface area contributed by atoms with Gasteiger partial charge in [0, 0.05) is 12.2 Å². The Hall–Kier alpha value is -3.10. The number of hydrogen-bond acceptors (Lipinski definition) is 7. The Balaban J connectivity index is 1.58. The van der Waals surface area contributed by atoms with Crippen molar-refractivity contribution in [2.75, 3.05) is 0 Å². The minimum absolute atomic E-state index is 0.0806. The minimum Gasteiger partial charge on any atom is -0.419 e. The molecule has 0 aliphatic heterocycles. The number of aryl methyl sites for hydroxylation is 1. The summed E-state index contributed by atoms with van der Waals surface area (Å²) in [6.45, 7) is 5.90. The van der Waals surface area contributed by atoms with Gasteiger partial charge in [0.1, 0.15) is 9.88 Å². The average Bonchev–Trinajstić information content (AvgIpc) is 3.39. The number of benzene rings is 1. The number of carbonyl (C=O) groups excluding carboxylic acids is 1. The van der Waals surface area contributed by atoms with Crippen molar-refractivity contribution in [1.29, 1.82) is 0 Å². The number of thiazole rings is 1. The molecule has 0 fully saturated rings. The van der Waals surface area contributed by atoms with E-state index in [-0.39, 0.29) is 18.5 Å². The highest BCUT2D eigenvalue weighted by Gasteiger charge is 2.26. The second kappa shape index (κ2) is 8.95. The fraction of sp³-hybridized carbons (Fsp3) is 0.227. The Kier molecular flexibility index (Phi) is 6.11. The monoisotopic (exact) mass is 453 g/mol. The molecule has 4 aromatic rings. The van der Waals surface area contributed by atoms with Crippen LogP contribution in [0.15, 0.2) is 53.1 Å². The normalized spacial score (nSPS) is 11.1. The SMILES string of the molecule is Cc1nc(-c2ccccn2)sc1C(=O)N(Cc1nnc(-c2ccccc2Cl)o1)C(C)C. The standard InChI is InChI=1S/C22H20ClN5O2S/c1-13(2)28(12-18-26-27-20(30-18)15-8-4-5-9-16(15)23)22(29)19-14(3)25-21(31-19)17-10-6-7-11-24-17/h4-11,13H,12H2,1-3H3. The second-order valence-electron chi connectivity index (χ2n) is 7.16. The highest BCUT2D eigenvalue weighted by molar-refractivity contribution is 7.17. The van der Waals surface area contributed by atoms with E-state index in [0.29, 0.717) is 37.9 Å². The van der Waals surface area contributed by atoms with Crippen LogP contribution in [0.1, 0.15) is 35.1 Å². The number of rotatable bonds is 6. The maximum Gasteiger partial charge on any atom is 0.266 e. The number of hydrogen-bond donors (Lipinski definition) is 0. The minimum atomic E-state index is -0.135. The lowest BCUT2D eigenvalue weighted by Crippen LogP contribution is -2.36. The summed E-state index contributed by atoms with van der Waals surface area (Å²) in [5, 5.41) is 9.45. The molecule has 158 valence electrons. The van der Waals surface area contributed by atoms with Gasteiger partial charge in [-0.3, -0.25) is 9.78 Å². The molecule has 31 heavy (non-hydrogen) atoms. The van der Waals surface area contributed by atoms with Gasteiger partial charge in [0.2, 0.25) is 11.8 Å². The molecule has 3 heterocycles. The van der Waals surface area contributed by atoms with E-state index in [4.69, 9.17) is 16.0 Å². The van der Waals surface area contributed by atoms with Crippen molar-refractivity contribution in [3.05, 3.63) is 70.1 Å². The summed E-state index contributed by atoms with van der Waals surface area (Å²) >= 11 is 7.55. The molecule has 0 saturated carbocycles.